The number of carboxylic acids is 1. The first-order valence-corrected chi connectivity index (χ1v) is 8.58. The molecule has 0 spiro atoms. The lowest BCUT2D eigenvalue weighted by molar-refractivity contribution is -0.136. The molecule has 0 heterocycles. The minimum absolute atomic E-state index is 0.0754. The van der Waals surface area contributed by atoms with E-state index in [1.165, 1.54) is 11.1 Å². The van der Waals surface area contributed by atoms with E-state index >= 15 is 0 Å². The van der Waals surface area contributed by atoms with Gasteiger partial charge in [-0.1, -0.05) is 22.0 Å². The molecule has 5 heteroatoms. The van der Waals surface area contributed by atoms with E-state index in [0.29, 0.717) is 25.4 Å². The van der Waals surface area contributed by atoms with Gasteiger partial charge in [0.05, 0.1) is 0 Å². The van der Waals surface area contributed by atoms with Crippen LogP contribution in [0.1, 0.15) is 23.1 Å². The fourth-order valence-corrected chi connectivity index (χ4v) is 2.65. The van der Waals surface area contributed by atoms with E-state index in [2.05, 4.69) is 29.8 Å². The van der Waals surface area contributed by atoms with Gasteiger partial charge in [-0.3, -0.25) is 4.79 Å². The highest BCUT2D eigenvalue weighted by molar-refractivity contribution is 9.10. The molecule has 0 radical (unpaired) electrons. The van der Waals surface area contributed by atoms with Gasteiger partial charge in [-0.15, -0.1) is 0 Å². The fraction of sp³-hybridized carbons (Fsp3) is 0.316. The van der Waals surface area contributed by atoms with Gasteiger partial charge in [0.25, 0.3) is 0 Å². The Hall–Kier alpha value is -2.01. The maximum Gasteiger partial charge on any atom is 0.303 e. The molecule has 2 aromatic rings. The van der Waals surface area contributed by atoms with Crippen LogP contribution in [0, 0.1) is 13.8 Å². The van der Waals surface area contributed by atoms with Crippen molar-refractivity contribution in [1.82, 2.24) is 0 Å². The second-order valence-corrected chi connectivity index (χ2v) is 6.50. The van der Waals surface area contributed by atoms with Crippen molar-refractivity contribution in [3.05, 3.63) is 57.6 Å². The molecule has 0 bridgehead atoms. The van der Waals surface area contributed by atoms with Crippen molar-refractivity contribution in [1.29, 1.82) is 0 Å². The number of carboxylic acid groups (broad SMARTS) is 1. The van der Waals surface area contributed by atoms with Crippen molar-refractivity contribution in [3.8, 4) is 11.5 Å². The van der Waals surface area contributed by atoms with Crippen molar-refractivity contribution in [2.24, 2.45) is 0 Å². The van der Waals surface area contributed by atoms with Gasteiger partial charge < -0.3 is 14.6 Å². The Balaban J connectivity index is 1.89. The van der Waals surface area contributed by atoms with Gasteiger partial charge in [0.2, 0.25) is 0 Å². The third kappa shape index (κ3) is 5.57. The first-order valence-electron chi connectivity index (χ1n) is 7.79. The van der Waals surface area contributed by atoms with Gasteiger partial charge in [-0.25, -0.2) is 0 Å². The van der Waals surface area contributed by atoms with E-state index in [1.807, 2.05) is 36.4 Å². The molecule has 0 aliphatic rings. The smallest absolute Gasteiger partial charge is 0.303 e. The summed E-state index contributed by atoms with van der Waals surface area (Å²) in [6.45, 7) is 4.94. The summed E-state index contributed by atoms with van der Waals surface area (Å²) in [5.41, 5.74) is 3.30. The number of carbonyl (C=O) groups is 1. The zero-order valence-corrected chi connectivity index (χ0v) is 15.4. The van der Waals surface area contributed by atoms with E-state index in [0.717, 1.165) is 15.8 Å². The molecule has 0 aliphatic carbocycles. The molecule has 2 aromatic carbocycles. The van der Waals surface area contributed by atoms with E-state index < -0.39 is 5.97 Å². The second-order valence-electron chi connectivity index (χ2n) is 5.59. The number of hydrogen-bond donors (Lipinski definition) is 1. The standard InChI is InChI=1S/C19H21BrO4/c1-13-3-6-17(11-14(13)2)23-9-10-24-18-7-5-16(20)12-15(18)4-8-19(21)22/h3,5-7,11-12H,4,8-10H2,1-2H3,(H,21,22). The topological polar surface area (TPSA) is 55.8 Å². The van der Waals surface area contributed by atoms with Crippen LogP contribution in [0.2, 0.25) is 0 Å². The fourth-order valence-electron chi connectivity index (χ4n) is 2.24. The van der Waals surface area contributed by atoms with Crippen LogP contribution >= 0.6 is 15.9 Å². The summed E-state index contributed by atoms with van der Waals surface area (Å²) in [5, 5.41) is 8.84. The third-order valence-electron chi connectivity index (χ3n) is 3.72. The van der Waals surface area contributed by atoms with Crippen LogP contribution in [0.4, 0.5) is 0 Å². The molecule has 4 nitrogen and oxygen atoms in total. The highest BCUT2D eigenvalue weighted by Crippen LogP contribution is 2.24. The molecule has 0 fully saturated rings. The van der Waals surface area contributed by atoms with Gasteiger partial charge in [-0.2, -0.15) is 0 Å². The number of rotatable bonds is 8. The number of aliphatic carboxylic acids is 1. The highest BCUT2D eigenvalue weighted by atomic mass is 79.9. The van der Waals surface area contributed by atoms with Gasteiger partial charge in [0, 0.05) is 10.9 Å². The molecular formula is C19H21BrO4. The molecule has 0 atom stereocenters. The van der Waals surface area contributed by atoms with E-state index in [9.17, 15) is 4.79 Å². The van der Waals surface area contributed by atoms with Crippen molar-refractivity contribution >= 4 is 21.9 Å². The molecule has 1 N–H and O–H groups in total. The van der Waals surface area contributed by atoms with Gasteiger partial charge in [0.15, 0.2) is 0 Å². The highest BCUT2D eigenvalue weighted by Gasteiger charge is 2.07. The molecule has 128 valence electrons. The number of benzene rings is 2. The van der Waals surface area contributed by atoms with E-state index in [1.54, 1.807) is 0 Å². The van der Waals surface area contributed by atoms with Crippen LogP contribution in [-0.4, -0.2) is 24.3 Å². The Kier molecular flexibility index (Phi) is 6.67. The SMILES string of the molecule is Cc1ccc(OCCOc2ccc(Br)cc2CCC(=O)O)cc1C. The summed E-state index contributed by atoms with van der Waals surface area (Å²) in [7, 11) is 0. The Morgan fingerprint density at radius 2 is 1.79 bits per heavy atom. The number of aryl methyl sites for hydroxylation is 3. The first-order chi connectivity index (χ1) is 11.5. The lowest BCUT2D eigenvalue weighted by Gasteiger charge is -2.13. The summed E-state index contributed by atoms with van der Waals surface area (Å²) in [4.78, 5) is 10.8. The lowest BCUT2D eigenvalue weighted by atomic mass is 10.1. The van der Waals surface area contributed by atoms with Gasteiger partial charge in [0.1, 0.15) is 24.7 Å². The average Bonchev–Trinajstić information content (AvgIpc) is 2.54. The summed E-state index contributed by atoms with van der Waals surface area (Å²) in [5.74, 6) is 0.700. The Morgan fingerprint density at radius 3 is 2.50 bits per heavy atom. The zero-order chi connectivity index (χ0) is 17.5. The molecule has 0 aliphatic heterocycles. The molecule has 0 aromatic heterocycles. The normalized spacial score (nSPS) is 10.5. The van der Waals surface area contributed by atoms with Crippen LogP contribution < -0.4 is 9.47 Å². The minimum Gasteiger partial charge on any atom is -0.490 e. The van der Waals surface area contributed by atoms with Crippen LogP contribution in [-0.2, 0) is 11.2 Å². The molecule has 2 rings (SSSR count). The largest absolute Gasteiger partial charge is 0.490 e. The van der Waals surface area contributed by atoms with Crippen LogP contribution in [0.3, 0.4) is 0 Å². The monoisotopic (exact) mass is 392 g/mol. The maximum absolute atomic E-state index is 10.8. The van der Waals surface area contributed by atoms with Crippen molar-refractivity contribution in [3.63, 3.8) is 0 Å². The first kappa shape index (κ1) is 18.3. The third-order valence-corrected chi connectivity index (χ3v) is 4.21. The maximum atomic E-state index is 10.8. The molecule has 0 amide bonds. The van der Waals surface area contributed by atoms with E-state index in [-0.39, 0.29) is 6.42 Å². The van der Waals surface area contributed by atoms with Crippen LogP contribution in [0.15, 0.2) is 40.9 Å². The Labute approximate surface area is 150 Å². The number of ether oxygens (including phenoxy) is 2. The van der Waals surface area contributed by atoms with E-state index in [4.69, 9.17) is 14.6 Å². The summed E-state index contributed by atoms with van der Waals surface area (Å²) in [6.07, 6.45) is 0.508. The summed E-state index contributed by atoms with van der Waals surface area (Å²) >= 11 is 3.40. The van der Waals surface area contributed by atoms with Gasteiger partial charge >= 0.3 is 5.97 Å². The second kappa shape index (κ2) is 8.73. The quantitative estimate of drug-likeness (QED) is 0.669. The predicted molar refractivity (Wildman–Crippen MR) is 97.0 cm³/mol. The number of halogens is 1. The van der Waals surface area contributed by atoms with Gasteiger partial charge in [-0.05, 0) is 67.3 Å². The Morgan fingerprint density at radius 1 is 1.04 bits per heavy atom. The van der Waals surface area contributed by atoms with Crippen LogP contribution in [0.5, 0.6) is 11.5 Å². The van der Waals surface area contributed by atoms with Crippen molar-refractivity contribution in [2.45, 2.75) is 26.7 Å². The summed E-state index contributed by atoms with van der Waals surface area (Å²) < 4.78 is 12.4. The number of hydrogen-bond acceptors (Lipinski definition) is 3. The van der Waals surface area contributed by atoms with Crippen molar-refractivity contribution in [2.75, 3.05) is 13.2 Å². The molecule has 0 saturated heterocycles. The molecule has 0 saturated carbocycles. The summed E-state index contributed by atoms with van der Waals surface area (Å²) in [6, 6.07) is 11.6. The molecule has 0 unspecified atom stereocenters. The molecular weight excluding hydrogens is 372 g/mol. The van der Waals surface area contributed by atoms with Crippen LogP contribution in [0.25, 0.3) is 0 Å². The van der Waals surface area contributed by atoms with Crippen molar-refractivity contribution < 1.29 is 19.4 Å². The average molecular weight is 393 g/mol. The zero-order valence-electron chi connectivity index (χ0n) is 13.8. The molecule has 24 heavy (non-hydrogen) atoms. The minimum atomic E-state index is -0.820. The lowest BCUT2D eigenvalue weighted by Crippen LogP contribution is -2.10. The Bertz CT molecular complexity index is 713. The predicted octanol–water partition coefficient (Wildman–Crippen LogP) is 4.54.